The zero-order valence-corrected chi connectivity index (χ0v) is 12.7. The molecule has 0 aromatic heterocycles. The van der Waals surface area contributed by atoms with E-state index in [1.54, 1.807) is 31.2 Å². The third kappa shape index (κ3) is 4.19. The molecule has 2 aromatic carbocycles. The molecule has 1 amide bonds. The monoisotopic (exact) mass is 299 g/mol. The summed E-state index contributed by atoms with van der Waals surface area (Å²) in [6, 6.07) is 11.4. The Bertz CT molecular complexity index is 710. The Morgan fingerprint density at radius 3 is 2.73 bits per heavy atom. The largest absolute Gasteiger partial charge is 0.489 e. The van der Waals surface area contributed by atoms with E-state index in [2.05, 4.69) is 11.9 Å². The quantitative estimate of drug-likeness (QED) is 0.834. The summed E-state index contributed by atoms with van der Waals surface area (Å²) in [6.45, 7) is 7.70. The lowest BCUT2D eigenvalue weighted by Gasteiger charge is -2.09. The molecule has 0 radical (unpaired) electrons. The molecule has 0 saturated heterocycles. The number of anilines is 1. The number of benzene rings is 2. The van der Waals surface area contributed by atoms with E-state index in [1.165, 1.54) is 18.2 Å². The number of hydrogen-bond donors (Lipinski definition) is 1. The van der Waals surface area contributed by atoms with Crippen molar-refractivity contribution in [1.82, 2.24) is 0 Å². The summed E-state index contributed by atoms with van der Waals surface area (Å²) in [5, 5.41) is 2.77. The van der Waals surface area contributed by atoms with Gasteiger partial charge in [0, 0.05) is 17.3 Å². The highest BCUT2D eigenvalue weighted by Gasteiger charge is 2.08. The zero-order valence-electron chi connectivity index (χ0n) is 12.7. The fourth-order valence-electron chi connectivity index (χ4n) is 1.86. The minimum absolute atomic E-state index is 0.292. The maximum atomic E-state index is 13.2. The Morgan fingerprint density at radius 1 is 1.27 bits per heavy atom. The summed E-state index contributed by atoms with van der Waals surface area (Å²) in [5.74, 6) is 0.0305. The van der Waals surface area contributed by atoms with Gasteiger partial charge in [0.2, 0.25) is 0 Å². The zero-order chi connectivity index (χ0) is 16.1. The Labute approximate surface area is 129 Å². The third-order valence-electron chi connectivity index (χ3n) is 3.00. The minimum Gasteiger partial charge on any atom is -0.489 e. The Balaban J connectivity index is 2.09. The number of halogens is 1. The number of rotatable bonds is 5. The van der Waals surface area contributed by atoms with E-state index in [4.69, 9.17) is 4.74 Å². The van der Waals surface area contributed by atoms with E-state index in [1.807, 2.05) is 6.92 Å². The van der Waals surface area contributed by atoms with Crippen LogP contribution in [0.1, 0.15) is 22.8 Å². The normalized spacial score (nSPS) is 10.1. The van der Waals surface area contributed by atoms with E-state index >= 15 is 0 Å². The Morgan fingerprint density at radius 2 is 2.05 bits per heavy atom. The average Bonchev–Trinajstić information content (AvgIpc) is 2.48. The van der Waals surface area contributed by atoms with Crippen LogP contribution in [0.2, 0.25) is 0 Å². The molecule has 0 atom stereocenters. The van der Waals surface area contributed by atoms with Gasteiger partial charge < -0.3 is 10.1 Å². The van der Waals surface area contributed by atoms with Crippen molar-refractivity contribution in [3.8, 4) is 5.75 Å². The van der Waals surface area contributed by atoms with Crippen LogP contribution in [0, 0.1) is 12.7 Å². The SMILES string of the molecule is C=C(C)COc1cccc(NC(=O)c2ccc(F)c(C)c2)c1. The molecule has 0 bridgehead atoms. The van der Waals surface area contributed by atoms with Crippen molar-refractivity contribution in [3.05, 3.63) is 71.6 Å². The molecule has 0 fully saturated rings. The summed E-state index contributed by atoms with van der Waals surface area (Å²) in [4.78, 5) is 12.2. The topological polar surface area (TPSA) is 38.3 Å². The van der Waals surface area contributed by atoms with Gasteiger partial charge in [-0.15, -0.1) is 0 Å². The Hall–Kier alpha value is -2.62. The summed E-state index contributed by atoms with van der Waals surface area (Å²) in [5.41, 5.74) is 2.38. The van der Waals surface area contributed by atoms with Gasteiger partial charge in [0.15, 0.2) is 0 Å². The lowest BCUT2D eigenvalue weighted by Crippen LogP contribution is -2.12. The first-order valence-corrected chi connectivity index (χ1v) is 6.90. The molecule has 0 aliphatic carbocycles. The predicted molar refractivity (Wildman–Crippen MR) is 85.8 cm³/mol. The van der Waals surface area contributed by atoms with Gasteiger partial charge in [0.1, 0.15) is 18.2 Å². The highest BCUT2D eigenvalue weighted by atomic mass is 19.1. The van der Waals surface area contributed by atoms with E-state index < -0.39 is 0 Å². The first-order valence-electron chi connectivity index (χ1n) is 6.90. The molecule has 0 unspecified atom stereocenters. The minimum atomic E-state index is -0.327. The molecule has 1 N–H and O–H groups in total. The van der Waals surface area contributed by atoms with E-state index in [0.717, 1.165) is 5.57 Å². The van der Waals surface area contributed by atoms with E-state index in [0.29, 0.717) is 29.2 Å². The second-order valence-corrected chi connectivity index (χ2v) is 5.19. The van der Waals surface area contributed by atoms with Gasteiger partial charge in [-0.2, -0.15) is 0 Å². The molecule has 2 aromatic rings. The third-order valence-corrected chi connectivity index (χ3v) is 3.00. The first kappa shape index (κ1) is 15.8. The van der Waals surface area contributed by atoms with Gasteiger partial charge in [-0.05, 0) is 55.3 Å². The van der Waals surface area contributed by atoms with E-state index in [-0.39, 0.29) is 11.7 Å². The molecular weight excluding hydrogens is 281 g/mol. The second kappa shape index (κ2) is 6.89. The van der Waals surface area contributed by atoms with Gasteiger partial charge >= 0.3 is 0 Å². The summed E-state index contributed by atoms with van der Waals surface area (Å²) < 4.78 is 18.8. The van der Waals surface area contributed by atoms with Crippen LogP contribution in [-0.4, -0.2) is 12.5 Å². The number of aryl methyl sites for hydroxylation is 1. The molecule has 0 saturated carbocycles. The Kier molecular flexibility index (Phi) is 4.94. The molecule has 0 aliphatic rings. The number of amides is 1. The molecule has 0 aliphatic heterocycles. The van der Waals surface area contributed by atoms with Crippen LogP contribution >= 0.6 is 0 Å². The molecule has 0 spiro atoms. The van der Waals surface area contributed by atoms with E-state index in [9.17, 15) is 9.18 Å². The van der Waals surface area contributed by atoms with Crippen LogP contribution in [0.15, 0.2) is 54.6 Å². The fraction of sp³-hybridized carbons (Fsp3) is 0.167. The van der Waals surface area contributed by atoms with Crippen LogP contribution in [0.25, 0.3) is 0 Å². The number of hydrogen-bond acceptors (Lipinski definition) is 2. The summed E-state index contributed by atoms with van der Waals surface area (Å²) in [6.07, 6.45) is 0. The molecule has 114 valence electrons. The van der Waals surface area contributed by atoms with Crippen molar-refractivity contribution in [2.45, 2.75) is 13.8 Å². The second-order valence-electron chi connectivity index (χ2n) is 5.19. The number of ether oxygens (including phenoxy) is 1. The highest BCUT2D eigenvalue weighted by molar-refractivity contribution is 6.04. The summed E-state index contributed by atoms with van der Waals surface area (Å²) in [7, 11) is 0. The molecular formula is C18H18FNO2. The lowest BCUT2D eigenvalue weighted by molar-refractivity contribution is 0.102. The van der Waals surface area contributed by atoms with Crippen molar-refractivity contribution >= 4 is 11.6 Å². The molecule has 3 nitrogen and oxygen atoms in total. The van der Waals surface area contributed by atoms with Crippen molar-refractivity contribution in [3.63, 3.8) is 0 Å². The standard InChI is InChI=1S/C18H18FNO2/c1-12(2)11-22-16-6-4-5-15(10-16)20-18(21)14-7-8-17(19)13(3)9-14/h4-10H,1,11H2,2-3H3,(H,20,21). The molecule has 0 heterocycles. The van der Waals surface area contributed by atoms with Gasteiger partial charge in [-0.1, -0.05) is 12.6 Å². The molecule has 2 rings (SSSR count). The van der Waals surface area contributed by atoms with Gasteiger partial charge in [0.25, 0.3) is 5.91 Å². The average molecular weight is 299 g/mol. The summed E-state index contributed by atoms with van der Waals surface area (Å²) >= 11 is 0. The van der Waals surface area contributed by atoms with Crippen molar-refractivity contribution in [1.29, 1.82) is 0 Å². The molecule has 22 heavy (non-hydrogen) atoms. The van der Waals surface area contributed by atoms with Crippen LogP contribution in [-0.2, 0) is 0 Å². The van der Waals surface area contributed by atoms with Crippen molar-refractivity contribution < 1.29 is 13.9 Å². The van der Waals surface area contributed by atoms with Crippen LogP contribution in [0.4, 0.5) is 10.1 Å². The predicted octanol–water partition coefficient (Wildman–Crippen LogP) is 4.34. The van der Waals surface area contributed by atoms with Crippen molar-refractivity contribution in [2.75, 3.05) is 11.9 Å². The fourth-order valence-corrected chi connectivity index (χ4v) is 1.86. The smallest absolute Gasteiger partial charge is 0.255 e. The first-order chi connectivity index (χ1) is 10.5. The van der Waals surface area contributed by atoms with Crippen LogP contribution < -0.4 is 10.1 Å². The number of carbonyl (C=O) groups is 1. The number of carbonyl (C=O) groups excluding carboxylic acids is 1. The lowest BCUT2D eigenvalue weighted by atomic mass is 10.1. The highest BCUT2D eigenvalue weighted by Crippen LogP contribution is 2.19. The van der Waals surface area contributed by atoms with Gasteiger partial charge in [-0.25, -0.2) is 4.39 Å². The van der Waals surface area contributed by atoms with Gasteiger partial charge in [-0.3, -0.25) is 4.79 Å². The molecule has 4 heteroatoms. The van der Waals surface area contributed by atoms with Gasteiger partial charge in [0.05, 0.1) is 0 Å². The van der Waals surface area contributed by atoms with Crippen LogP contribution in [0.3, 0.4) is 0 Å². The maximum absolute atomic E-state index is 13.2. The van der Waals surface area contributed by atoms with Crippen LogP contribution in [0.5, 0.6) is 5.75 Å². The maximum Gasteiger partial charge on any atom is 0.255 e. The van der Waals surface area contributed by atoms with Crippen molar-refractivity contribution in [2.24, 2.45) is 0 Å². The number of nitrogens with one attached hydrogen (secondary N) is 1.